The van der Waals surface area contributed by atoms with Gasteiger partial charge in [0, 0.05) is 17.5 Å². The average molecular weight is 425 g/mol. The van der Waals surface area contributed by atoms with Crippen molar-refractivity contribution in [2.45, 2.75) is 6.10 Å². The minimum atomic E-state index is -0.712. The molecule has 0 saturated heterocycles. The number of para-hydroxylation sites is 2. The van der Waals surface area contributed by atoms with Gasteiger partial charge in [0.05, 0.1) is 6.54 Å². The second kappa shape index (κ2) is 9.21. The number of fused-ring (bicyclic) bond motifs is 2. The number of benzene rings is 2. The summed E-state index contributed by atoms with van der Waals surface area (Å²) in [5.74, 6) is 0.425. The summed E-state index contributed by atoms with van der Waals surface area (Å²) in [6.45, 7) is -0.328. The maximum absolute atomic E-state index is 11.9. The molecule has 0 saturated carbocycles. The molecule has 9 heteroatoms. The molecule has 2 heterocycles. The molecule has 0 aliphatic carbocycles. The Kier molecular flexibility index (Phi) is 6.02. The molecule has 2 aromatic carbocycles. The van der Waals surface area contributed by atoms with Crippen LogP contribution >= 0.6 is 0 Å². The van der Waals surface area contributed by atoms with Crippen LogP contribution in [0.4, 0.5) is 0 Å². The summed E-state index contributed by atoms with van der Waals surface area (Å²) < 4.78 is 26.6. The summed E-state index contributed by atoms with van der Waals surface area (Å²) in [7, 11) is 0. The molecule has 1 atom stereocenters. The molecule has 4 rings (SSSR count). The van der Waals surface area contributed by atoms with Crippen molar-refractivity contribution in [3.63, 3.8) is 0 Å². The van der Waals surface area contributed by atoms with Crippen LogP contribution in [0.2, 0.25) is 0 Å². The zero-order valence-electron chi connectivity index (χ0n) is 16.4. The SMILES string of the molecule is O=C(COC(=O)COc1ccc2ccc(=O)oc2c1)NCC1COc2ccccc2O1. The Morgan fingerprint density at radius 2 is 1.84 bits per heavy atom. The average Bonchev–Trinajstić information content (AvgIpc) is 2.79. The lowest BCUT2D eigenvalue weighted by atomic mass is 10.2. The molecule has 0 radical (unpaired) electrons. The molecular weight excluding hydrogens is 406 g/mol. The third-order valence-electron chi connectivity index (χ3n) is 4.41. The second-order valence-electron chi connectivity index (χ2n) is 6.71. The van der Waals surface area contributed by atoms with Crippen molar-refractivity contribution in [2.75, 3.05) is 26.4 Å². The van der Waals surface area contributed by atoms with E-state index in [1.165, 1.54) is 12.1 Å². The topological polar surface area (TPSA) is 113 Å². The summed E-state index contributed by atoms with van der Waals surface area (Å²) in [5, 5.41) is 3.36. The lowest BCUT2D eigenvalue weighted by Crippen LogP contribution is -2.42. The van der Waals surface area contributed by atoms with Crippen molar-refractivity contribution in [3.8, 4) is 17.2 Å². The molecule has 0 bridgehead atoms. The number of carbonyl (C=O) groups excluding carboxylic acids is 2. The first-order chi connectivity index (χ1) is 15.1. The van der Waals surface area contributed by atoms with E-state index in [2.05, 4.69) is 5.32 Å². The fourth-order valence-electron chi connectivity index (χ4n) is 2.90. The lowest BCUT2D eigenvalue weighted by molar-refractivity contribution is -0.150. The number of esters is 1. The Labute approximate surface area is 176 Å². The standard InChI is InChI=1S/C22H19NO8/c24-20(23-10-16-11-28-17-3-1-2-4-18(17)30-16)12-29-22(26)13-27-15-7-5-14-6-8-21(25)31-19(14)9-15/h1-9,16H,10-13H2,(H,23,24). The van der Waals surface area contributed by atoms with Gasteiger partial charge < -0.3 is 28.7 Å². The highest BCUT2D eigenvalue weighted by molar-refractivity contribution is 5.81. The second-order valence-corrected chi connectivity index (χ2v) is 6.71. The quantitative estimate of drug-likeness (QED) is 0.449. The molecule has 160 valence electrons. The van der Waals surface area contributed by atoms with Crippen LogP contribution in [0.3, 0.4) is 0 Å². The summed E-state index contributed by atoms with van der Waals surface area (Å²) in [6, 6.07) is 15.0. The predicted molar refractivity (Wildman–Crippen MR) is 108 cm³/mol. The van der Waals surface area contributed by atoms with E-state index in [4.69, 9.17) is 23.4 Å². The number of rotatable bonds is 7. The molecule has 1 aliphatic heterocycles. The van der Waals surface area contributed by atoms with Crippen LogP contribution < -0.4 is 25.2 Å². The van der Waals surface area contributed by atoms with E-state index in [9.17, 15) is 14.4 Å². The predicted octanol–water partition coefficient (Wildman–Crippen LogP) is 1.67. The Morgan fingerprint density at radius 3 is 2.71 bits per heavy atom. The van der Waals surface area contributed by atoms with Crippen molar-refractivity contribution in [1.82, 2.24) is 5.32 Å². The first-order valence-corrected chi connectivity index (χ1v) is 9.54. The molecule has 1 amide bonds. The third kappa shape index (κ3) is 5.33. The molecule has 0 fully saturated rings. The van der Waals surface area contributed by atoms with E-state index >= 15 is 0 Å². The van der Waals surface area contributed by atoms with Gasteiger partial charge in [0.15, 0.2) is 24.7 Å². The highest BCUT2D eigenvalue weighted by Crippen LogP contribution is 2.30. The molecule has 3 aromatic rings. The molecule has 1 aromatic heterocycles. The minimum Gasteiger partial charge on any atom is -0.486 e. The molecule has 1 N–H and O–H groups in total. The van der Waals surface area contributed by atoms with Gasteiger partial charge >= 0.3 is 11.6 Å². The van der Waals surface area contributed by atoms with Gasteiger partial charge in [-0.3, -0.25) is 4.79 Å². The summed E-state index contributed by atoms with van der Waals surface area (Å²) >= 11 is 0. The van der Waals surface area contributed by atoms with E-state index in [1.807, 2.05) is 12.1 Å². The number of ether oxygens (including phenoxy) is 4. The van der Waals surface area contributed by atoms with Crippen LogP contribution in [0.1, 0.15) is 0 Å². The van der Waals surface area contributed by atoms with E-state index in [-0.39, 0.29) is 12.6 Å². The van der Waals surface area contributed by atoms with Crippen molar-refractivity contribution >= 4 is 22.8 Å². The van der Waals surface area contributed by atoms with E-state index in [1.54, 1.807) is 30.3 Å². The van der Waals surface area contributed by atoms with Gasteiger partial charge in [-0.1, -0.05) is 12.1 Å². The largest absolute Gasteiger partial charge is 0.486 e. The first-order valence-electron chi connectivity index (χ1n) is 9.54. The van der Waals surface area contributed by atoms with Crippen LogP contribution in [0.15, 0.2) is 63.8 Å². The number of carbonyl (C=O) groups is 2. The Hall–Kier alpha value is -4.01. The van der Waals surface area contributed by atoms with E-state index in [0.717, 1.165) is 5.39 Å². The zero-order valence-corrected chi connectivity index (χ0v) is 16.4. The monoisotopic (exact) mass is 425 g/mol. The zero-order chi connectivity index (χ0) is 21.6. The van der Waals surface area contributed by atoms with Gasteiger partial charge in [-0.15, -0.1) is 0 Å². The van der Waals surface area contributed by atoms with Crippen LogP contribution in [-0.4, -0.2) is 44.3 Å². The lowest BCUT2D eigenvalue weighted by Gasteiger charge is -2.26. The van der Waals surface area contributed by atoms with E-state index in [0.29, 0.717) is 29.4 Å². The van der Waals surface area contributed by atoms with Gasteiger partial charge in [-0.25, -0.2) is 9.59 Å². The van der Waals surface area contributed by atoms with Crippen LogP contribution in [0, 0.1) is 0 Å². The number of nitrogens with one attached hydrogen (secondary N) is 1. The van der Waals surface area contributed by atoms with Crippen molar-refractivity contribution in [1.29, 1.82) is 0 Å². The Bertz CT molecular complexity index is 1160. The minimum absolute atomic E-state index is 0.212. The molecule has 31 heavy (non-hydrogen) atoms. The van der Waals surface area contributed by atoms with Crippen molar-refractivity contribution in [2.24, 2.45) is 0 Å². The molecule has 0 spiro atoms. The van der Waals surface area contributed by atoms with Gasteiger partial charge in [0.2, 0.25) is 0 Å². The van der Waals surface area contributed by atoms with Gasteiger partial charge in [0.25, 0.3) is 5.91 Å². The summed E-state index contributed by atoms with van der Waals surface area (Å²) in [4.78, 5) is 35.0. The highest BCUT2D eigenvalue weighted by Gasteiger charge is 2.21. The highest BCUT2D eigenvalue weighted by atomic mass is 16.6. The molecule has 9 nitrogen and oxygen atoms in total. The smallest absolute Gasteiger partial charge is 0.344 e. The molecular formula is C22H19NO8. The number of hydrogen-bond acceptors (Lipinski definition) is 8. The Morgan fingerprint density at radius 1 is 1.03 bits per heavy atom. The van der Waals surface area contributed by atoms with Crippen LogP contribution in [0.25, 0.3) is 11.0 Å². The van der Waals surface area contributed by atoms with Crippen molar-refractivity contribution in [3.05, 3.63) is 65.0 Å². The van der Waals surface area contributed by atoms with Gasteiger partial charge in [-0.2, -0.15) is 0 Å². The van der Waals surface area contributed by atoms with Crippen LogP contribution in [0.5, 0.6) is 17.2 Å². The normalized spacial score (nSPS) is 14.6. The maximum atomic E-state index is 11.9. The Balaban J connectivity index is 1.18. The number of amides is 1. The summed E-state index contributed by atoms with van der Waals surface area (Å²) in [6.07, 6.45) is -0.342. The van der Waals surface area contributed by atoms with Crippen molar-refractivity contribution < 1.29 is 33.0 Å². The fourth-order valence-corrected chi connectivity index (χ4v) is 2.90. The fraction of sp³-hybridized carbons (Fsp3) is 0.227. The summed E-state index contributed by atoms with van der Waals surface area (Å²) in [5.41, 5.74) is -0.140. The van der Waals surface area contributed by atoms with Gasteiger partial charge in [0.1, 0.15) is 24.0 Å². The van der Waals surface area contributed by atoms with E-state index < -0.39 is 30.7 Å². The van der Waals surface area contributed by atoms with Crippen LogP contribution in [-0.2, 0) is 14.3 Å². The van der Waals surface area contributed by atoms with Gasteiger partial charge in [-0.05, 0) is 30.3 Å². The maximum Gasteiger partial charge on any atom is 0.344 e. The third-order valence-corrected chi connectivity index (χ3v) is 4.41. The first kappa shape index (κ1) is 20.3. The number of hydrogen-bond donors (Lipinski definition) is 1. The molecule has 1 aliphatic rings. The molecule has 1 unspecified atom stereocenters.